The van der Waals surface area contributed by atoms with Crippen LogP contribution in [0.5, 0.6) is 5.75 Å². The summed E-state index contributed by atoms with van der Waals surface area (Å²) in [5.74, 6) is 0.430. The zero-order valence-electron chi connectivity index (χ0n) is 19.1. The summed E-state index contributed by atoms with van der Waals surface area (Å²) in [6.07, 6.45) is 3.47. The quantitative estimate of drug-likeness (QED) is 0.541. The summed E-state index contributed by atoms with van der Waals surface area (Å²) >= 11 is 0. The first kappa shape index (κ1) is 24.6. The Bertz CT molecular complexity index is 1050. The number of sulfonamides is 1. The van der Waals surface area contributed by atoms with Gasteiger partial charge in [0.15, 0.2) is 0 Å². The first-order valence-corrected chi connectivity index (χ1v) is 12.9. The molecule has 3 rings (SSSR count). The van der Waals surface area contributed by atoms with E-state index in [4.69, 9.17) is 4.74 Å². The topological polar surface area (TPSA) is 96.0 Å². The molecule has 178 valence electrons. The van der Waals surface area contributed by atoms with Crippen molar-refractivity contribution in [2.75, 3.05) is 30.3 Å². The fourth-order valence-electron chi connectivity index (χ4n) is 3.57. The van der Waals surface area contributed by atoms with Crippen molar-refractivity contribution in [3.8, 4) is 5.75 Å². The molecule has 2 aromatic rings. The number of nitrogens with zero attached hydrogens (tertiary/aromatic N) is 2. The second kappa shape index (κ2) is 11.2. The van der Waals surface area contributed by atoms with Crippen LogP contribution in [0.1, 0.15) is 37.3 Å². The van der Waals surface area contributed by atoms with E-state index < -0.39 is 15.9 Å². The Morgan fingerprint density at radius 1 is 1.09 bits per heavy atom. The third kappa shape index (κ3) is 7.21. The third-order valence-electron chi connectivity index (χ3n) is 5.34. The number of hydrogen-bond donors (Lipinski definition) is 1. The van der Waals surface area contributed by atoms with Crippen LogP contribution >= 0.6 is 0 Å². The largest absolute Gasteiger partial charge is 0.494 e. The molecule has 1 heterocycles. The second-order valence-corrected chi connectivity index (χ2v) is 10.0. The molecule has 2 amide bonds. The number of hydrogen-bond acceptors (Lipinski definition) is 5. The highest BCUT2D eigenvalue weighted by atomic mass is 32.2. The van der Waals surface area contributed by atoms with Crippen LogP contribution in [0.15, 0.2) is 48.5 Å². The standard InChI is InChI=1S/C24H31N3O5S/c1-3-15-32-22-12-10-21(11-13-22)27(33(2,30)31)18-23(28)25-16-19-6-8-20(9-7-19)17-26-14-4-5-24(26)29/h6-13H,3-5,14-18H2,1-2H3,(H,25,28). The molecule has 0 bridgehead atoms. The van der Waals surface area contributed by atoms with Gasteiger partial charge in [-0.05, 0) is 48.2 Å². The molecule has 1 saturated heterocycles. The van der Waals surface area contributed by atoms with Crippen LogP contribution in [0.3, 0.4) is 0 Å². The van der Waals surface area contributed by atoms with E-state index in [0.29, 0.717) is 31.0 Å². The molecule has 0 aliphatic carbocycles. The molecule has 33 heavy (non-hydrogen) atoms. The Morgan fingerprint density at radius 2 is 1.76 bits per heavy atom. The van der Waals surface area contributed by atoms with E-state index in [9.17, 15) is 18.0 Å². The number of anilines is 1. The van der Waals surface area contributed by atoms with Crippen molar-refractivity contribution in [2.24, 2.45) is 0 Å². The van der Waals surface area contributed by atoms with E-state index in [2.05, 4.69) is 5.32 Å². The van der Waals surface area contributed by atoms with Crippen molar-refractivity contribution in [1.29, 1.82) is 0 Å². The van der Waals surface area contributed by atoms with Crippen molar-refractivity contribution >= 4 is 27.5 Å². The van der Waals surface area contributed by atoms with E-state index in [0.717, 1.165) is 41.1 Å². The zero-order valence-corrected chi connectivity index (χ0v) is 19.9. The maximum atomic E-state index is 12.5. The maximum Gasteiger partial charge on any atom is 0.241 e. The summed E-state index contributed by atoms with van der Waals surface area (Å²) < 4.78 is 31.2. The van der Waals surface area contributed by atoms with E-state index in [1.165, 1.54) is 0 Å². The molecule has 1 N–H and O–H groups in total. The summed E-state index contributed by atoms with van der Waals surface area (Å²) in [6, 6.07) is 14.3. The average molecular weight is 474 g/mol. The van der Waals surface area contributed by atoms with E-state index in [1.54, 1.807) is 24.3 Å². The Morgan fingerprint density at radius 3 is 2.33 bits per heavy atom. The number of nitrogens with one attached hydrogen (secondary N) is 1. The fourth-order valence-corrected chi connectivity index (χ4v) is 4.43. The molecule has 1 fully saturated rings. The van der Waals surface area contributed by atoms with Gasteiger partial charge in [0.25, 0.3) is 0 Å². The minimum atomic E-state index is -3.65. The van der Waals surface area contributed by atoms with Gasteiger partial charge in [-0.3, -0.25) is 13.9 Å². The van der Waals surface area contributed by atoms with Crippen LogP contribution in [0.2, 0.25) is 0 Å². The molecular weight excluding hydrogens is 442 g/mol. The SMILES string of the molecule is CCCOc1ccc(N(CC(=O)NCc2ccc(CN3CCCC3=O)cc2)S(C)(=O)=O)cc1. The highest BCUT2D eigenvalue weighted by Crippen LogP contribution is 2.22. The predicted octanol–water partition coefficient (Wildman–Crippen LogP) is 2.68. The van der Waals surface area contributed by atoms with E-state index >= 15 is 0 Å². The van der Waals surface area contributed by atoms with Gasteiger partial charge in [0.05, 0.1) is 18.6 Å². The molecule has 9 heteroatoms. The minimum Gasteiger partial charge on any atom is -0.494 e. The lowest BCUT2D eigenvalue weighted by atomic mass is 10.1. The van der Waals surface area contributed by atoms with Gasteiger partial charge in [-0.2, -0.15) is 0 Å². The van der Waals surface area contributed by atoms with Crippen molar-refractivity contribution in [2.45, 2.75) is 39.3 Å². The summed E-state index contributed by atoms with van der Waals surface area (Å²) in [4.78, 5) is 26.1. The van der Waals surface area contributed by atoms with Gasteiger partial charge in [-0.1, -0.05) is 31.2 Å². The van der Waals surface area contributed by atoms with E-state index in [1.807, 2.05) is 36.1 Å². The highest BCUT2D eigenvalue weighted by molar-refractivity contribution is 7.92. The number of ether oxygens (including phenoxy) is 1. The van der Waals surface area contributed by atoms with Crippen LogP contribution in [0, 0.1) is 0 Å². The average Bonchev–Trinajstić information content (AvgIpc) is 3.19. The molecular formula is C24H31N3O5S. The Labute approximate surface area is 195 Å². The molecule has 2 aromatic carbocycles. The summed E-state index contributed by atoms with van der Waals surface area (Å²) in [5.41, 5.74) is 2.33. The van der Waals surface area contributed by atoms with Crippen LogP contribution in [-0.4, -0.2) is 51.1 Å². The molecule has 0 spiro atoms. The van der Waals surface area contributed by atoms with Crippen LogP contribution in [0.4, 0.5) is 5.69 Å². The molecule has 0 atom stereocenters. The summed E-state index contributed by atoms with van der Waals surface area (Å²) in [7, 11) is -3.65. The number of rotatable bonds is 11. The first-order valence-electron chi connectivity index (χ1n) is 11.1. The lowest BCUT2D eigenvalue weighted by Crippen LogP contribution is -2.40. The van der Waals surface area contributed by atoms with Crippen LogP contribution in [-0.2, 0) is 32.7 Å². The number of amides is 2. The van der Waals surface area contributed by atoms with Gasteiger partial charge in [-0.25, -0.2) is 8.42 Å². The van der Waals surface area contributed by atoms with Gasteiger partial charge >= 0.3 is 0 Å². The molecule has 0 unspecified atom stereocenters. The lowest BCUT2D eigenvalue weighted by Gasteiger charge is -2.22. The van der Waals surface area contributed by atoms with Gasteiger partial charge in [-0.15, -0.1) is 0 Å². The number of likely N-dealkylation sites (tertiary alicyclic amines) is 1. The monoisotopic (exact) mass is 473 g/mol. The normalized spacial score (nSPS) is 13.8. The zero-order chi connectivity index (χ0) is 23.8. The number of benzene rings is 2. The Hall–Kier alpha value is -3.07. The predicted molar refractivity (Wildman–Crippen MR) is 127 cm³/mol. The highest BCUT2D eigenvalue weighted by Gasteiger charge is 2.21. The van der Waals surface area contributed by atoms with Gasteiger partial charge < -0.3 is 15.0 Å². The van der Waals surface area contributed by atoms with Gasteiger partial charge in [0, 0.05) is 26.1 Å². The van der Waals surface area contributed by atoms with Crippen LogP contribution in [0.25, 0.3) is 0 Å². The van der Waals surface area contributed by atoms with E-state index in [-0.39, 0.29) is 19.0 Å². The smallest absolute Gasteiger partial charge is 0.241 e. The van der Waals surface area contributed by atoms with Gasteiger partial charge in [0.2, 0.25) is 21.8 Å². The molecule has 1 aliphatic rings. The minimum absolute atomic E-state index is 0.185. The van der Waals surface area contributed by atoms with Crippen molar-refractivity contribution in [3.05, 3.63) is 59.7 Å². The molecule has 0 saturated carbocycles. The number of carbonyl (C=O) groups excluding carboxylic acids is 2. The first-order chi connectivity index (χ1) is 15.8. The van der Waals surface area contributed by atoms with Crippen LogP contribution < -0.4 is 14.4 Å². The fraction of sp³-hybridized carbons (Fsp3) is 0.417. The lowest BCUT2D eigenvalue weighted by molar-refractivity contribution is -0.128. The molecule has 1 aliphatic heterocycles. The maximum absolute atomic E-state index is 12.5. The second-order valence-electron chi connectivity index (χ2n) is 8.12. The molecule has 8 nitrogen and oxygen atoms in total. The Kier molecular flexibility index (Phi) is 8.32. The van der Waals surface area contributed by atoms with Crippen molar-refractivity contribution in [1.82, 2.24) is 10.2 Å². The van der Waals surface area contributed by atoms with Crippen molar-refractivity contribution in [3.63, 3.8) is 0 Å². The molecule has 0 radical (unpaired) electrons. The summed E-state index contributed by atoms with van der Waals surface area (Å²) in [5, 5.41) is 2.78. The van der Waals surface area contributed by atoms with Gasteiger partial charge in [0.1, 0.15) is 12.3 Å². The Balaban J connectivity index is 1.55. The van der Waals surface area contributed by atoms with Crippen molar-refractivity contribution < 1.29 is 22.7 Å². The summed E-state index contributed by atoms with van der Waals surface area (Å²) in [6.45, 7) is 3.93. The number of carbonyl (C=O) groups is 2. The molecule has 0 aromatic heterocycles. The third-order valence-corrected chi connectivity index (χ3v) is 6.48.